The second-order valence-corrected chi connectivity index (χ2v) is 5.84. The van der Waals surface area contributed by atoms with Crippen LogP contribution in [-0.2, 0) is 17.7 Å². The summed E-state index contributed by atoms with van der Waals surface area (Å²) in [5.41, 5.74) is 3.22. The molecule has 0 radical (unpaired) electrons. The highest BCUT2D eigenvalue weighted by molar-refractivity contribution is 5.69. The first-order chi connectivity index (χ1) is 8.90. The van der Waals surface area contributed by atoms with Crippen LogP contribution in [-0.4, -0.2) is 23.1 Å². The quantitative estimate of drug-likeness (QED) is 0.771. The number of amides is 1. The predicted octanol–water partition coefficient (Wildman–Crippen LogP) is 3.62. The third-order valence-electron chi connectivity index (χ3n) is 3.17. The average Bonchev–Trinajstić information content (AvgIpc) is 2.35. The van der Waals surface area contributed by atoms with Crippen molar-refractivity contribution in [2.45, 2.75) is 39.3 Å². The van der Waals surface area contributed by atoms with Gasteiger partial charge in [0.05, 0.1) is 0 Å². The number of hydrogen-bond acceptors (Lipinski definition) is 2. The lowest BCUT2D eigenvalue weighted by Crippen LogP contribution is -2.40. The van der Waals surface area contributed by atoms with Crippen molar-refractivity contribution in [3.63, 3.8) is 0 Å². The molecule has 1 amide bonds. The Balaban J connectivity index is 2.15. The van der Waals surface area contributed by atoms with Gasteiger partial charge in [-0.1, -0.05) is 30.9 Å². The highest BCUT2D eigenvalue weighted by Crippen LogP contribution is 2.24. The first-order valence-corrected chi connectivity index (χ1v) is 6.62. The monoisotopic (exact) mass is 259 g/mol. The highest BCUT2D eigenvalue weighted by Gasteiger charge is 2.26. The molecule has 0 saturated carbocycles. The summed E-state index contributed by atoms with van der Waals surface area (Å²) in [6.07, 6.45) is 2.50. The van der Waals surface area contributed by atoms with Crippen molar-refractivity contribution in [3.05, 3.63) is 41.5 Å². The SMILES string of the molecule is C=Cc1cccc2c1CCN(C(=O)OC(C)(C)C)C2. The van der Waals surface area contributed by atoms with E-state index < -0.39 is 5.60 Å². The van der Waals surface area contributed by atoms with Crippen LogP contribution in [0.4, 0.5) is 4.79 Å². The van der Waals surface area contributed by atoms with E-state index >= 15 is 0 Å². The Hall–Kier alpha value is -1.77. The molecule has 2 rings (SSSR count). The molecule has 1 heterocycles. The maximum atomic E-state index is 12.1. The number of carbonyl (C=O) groups excluding carboxylic acids is 1. The van der Waals surface area contributed by atoms with E-state index in [4.69, 9.17) is 4.74 Å². The predicted molar refractivity (Wildman–Crippen MR) is 76.9 cm³/mol. The summed E-state index contributed by atoms with van der Waals surface area (Å²) in [4.78, 5) is 13.8. The molecule has 102 valence electrons. The fraction of sp³-hybridized carbons (Fsp3) is 0.438. The standard InChI is InChI=1S/C16H21NO2/c1-5-12-7-6-8-13-11-17(10-9-14(12)13)15(18)19-16(2,3)4/h5-8H,1,9-11H2,2-4H3. The number of nitrogens with zero attached hydrogens (tertiary/aromatic N) is 1. The molecule has 3 heteroatoms. The zero-order valence-electron chi connectivity index (χ0n) is 11.9. The molecule has 3 nitrogen and oxygen atoms in total. The third kappa shape index (κ3) is 3.16. The molecular weight excluding hydrogens is 238 g/mol. The second kappa shape index (κ2) is 5.08. The molecule has 1 aromatic carbocycles. The lowest BCUT2D eigenvalue weighted by Gasteiger charge is -2.31. The molecule has 0 atom stereocenters. The topological polar surface area (TPSA) is 29.5 Å². The van der Waals surface area contributed by atoms with Crippen LogP contribution in [0.1, 0.15) is 37.5 Å². The van der Waals surface area contributed by atoms with Gasteiger partial charge in [0.2, 0.25) is 0 Å². The summed E-state index contributed by atoms with van der Waals surface area (Å²) in [5.74, 6) is 0. The van der Waals surface area contributed by atoms with E-state index in [0.29, 0.717) is 13.1 Å². The minimum absolute atomic E-state index is 0.234. The molecule has 19 heavy (non-hydrogen) atoms. The van der Waals surface area contributed by atoms with E-state index in [9.17, 15) is 4.79 Å². The van der Waals surface area contributed by atoms with Gasteiger partial charge in [0, 0.05) is 13.1 Å². The van der Waals surface area contributed by atoms with Gasteiger partial charge in [-0.25, -0.2) is 4.79 Å². The maximum absolute atomic E-state index is 12.1. The Morgan fingerprint density at radius 3 is 2.79 bits per heavy atom. The van der Waals surface area contributed by atoms with E-state index in [1.807, 2.05) is 32.9 Å². The zero-order chi connectivity index (χ0) is 14.0. The molecule has 1 aliphatic heterocycles. The summed E-state index contributed by atoms with van der Waals surface area (Å²) < 4.78 is 5.42. The van der Waals surface area contributed by atoms with Gasteiger partial charge in [-0.3, -0.25) is 0 Å². The van der Waals surface area contributed by atoms with Crippen LogP contribution in [0.5, 0.6) is 0 Å². The summed E-state index contributed by atoms with van der Waals surface area (Å²) in [5, 5.41) is 0. The van der Waals surface area contributed by atoms with Crippen LogP contribution in [0.15, 0.2) is 24.8 Å². The molecule has 0 spiro atoms. The number of rotatable bonds is 1. The van der Waals surface area contributed by atoms with E-state index in [0.717, 1.165) is 6.42 Å². The number of fused-ring (bicyclic) bond motifs is 1. The molecule has 0 saturated heterocycles. The van der Waals surface area contributed by atoms with Crippen LogP contribution in [0.3, 0.4) is 0 Å². The molecule has 1 aromatic rings. The van der Waals surface area contributed by atoms with Gasteiger partial charge >= 0.3 is 6.09 Å². The first kappa shape index (κ1) is 13.7. The van der Waals surface area contributed by atoms with Gasteiger partial charge in [-0.2, -0.15) is 0 Å². The summed E-state index contributed by atoms with van der Waals surface area (Å²) in [6.45, 7) is 10.8. The average molecular weight is 259 g/mol. The van der Waals surface area contributed by atoms with Crippen molar-refractivity contribution in [2.75, 3.05) is 6.54 Å². The van der Waals surface area contributed by atoms with Crippen molar-refractivity contribution >= 4 is 12.2 Å². The van der Waals surface area contributed by atoms with Crippen LogP contribution >= 0.6 is 0 Å². The Labute approximate surface area is 114 Å². The minimum Gasteiger partial charge on any atom is -0.444 e. The van der Waals surface area contributed by atoms with Crippen molar-refractivity contribution in [1.29, 1.82) is 0 Å². The van der Waals surface area contributed by atoms with Gasteiger partial charge in [0.15, 0.2) is 0 Å². The Kier molecular flexibility index (Phi) is 3.65. The maximum Gasteiger partial charge on any atom is 0.410 e. The molecule has 1 aliphatic rings. The van der Waals surface area contributed by atoms with Crippen LogP contribution in [0, 0.1) is 0 Å². The van der Waals surface area contributed by atoms with Crippen molar-refractivity contribution in [3.8, 4) is 0 Å². The summed E-state index contributed by atoms with van der Waals surface area (Å²) >= 11 is 0. The van der Waals surface area contributed by atoms with Gasteiger partial charge in [-0.15, -0.1) is 0 Å². The molecule has 0 aromatic heterocycles. The Bertz CT molecular complexity index is 500. The number of benzene rings is 1. The lowest BCUT2D eigenvalue weighted by molar-refractivity contribution is 0.0224. The third-order valence-corrected chi connectivity index (χ3v) is 3.17. The summed E-state index contributed by atoms with van der Waals surface area (Å²) in [6, 6.07) is 6.14. The number of ether oxygens (including phenoxy) is 1. The molecule has 0 bridgehead atoms. The fourth-order valence-electron chi connectivity index (χ4n) is 2.31. The number of hydrogen-bond donors (Lipinski definition) is 0. The van der Waals surface area contributed by atoms with Crippen LogP contribution in [0.25, 0.3) is 6.08 Å². The smallest absolute Gasteiger partial charge is 0.410 e. The lowest BCUT2D eigenvalue weighted by atomic mass is 9.95. The molecular formula is C16H21NO2. The zero-order valence-corrected chi connectivity index (χ0v) is 11.9. The highest BCUT2D eigenvalue weighted by atomic mass is 16.6. The molecule has 0 aliphatic carbocycles. The largest absolute Gasteiger partial charge is 0.444 e. The Morgan fingerprint density at radius 2 is 2.16 bits per heavy atom. The van der Waals surface area contributed by atoms with Crippen molar-refractivity contribution in [1.82, 2.24) is 4.90 Å². The second-order valence-electron chi connectivity index (χ2n) is 5.84. The van der Waals surface area contributed by atoms with Crippen LogP contribution in [0.2, 0.25) is 0 Å². The normalized spacial score (nSPS) is 14.8. The number of carbonyl (C=O) groups is 1. The van der Waals surface area contributed by atoms with E-state index in [2.05, 4.69) is 18.7 Å². The van der Waals surface area contributed by atoms with E-state index in [1.165, 1.54) is 16.7 Å². The van der Waals surface area contributed by atoms with Crippen molar-refractivity contribution in [2.24, 2.45) is 0 Å². The molecule has 0 N–H and O–H groups in total. The van der Waals surface area contributed by atoms with E-state index in [1.54, 1.807) is 4.90 Å². The van der Waals surface area contributed by atoms with Gasteiger partial charge in [0.1, 0.15) is 5.60 Å². The van der Waals surface area contributed by atoms with E-state index in [-0.39, 0.29) is 6.09 Å². The molecule has 0 unspecified atom stereocenters. The van der Waals surface area contributed by atoms with Gasteiger partial charge in [-0.05, 0) is 43.9 Å². The van der Waals surface area contributed by atoms with Gasteiger partial charge < -0.3 is 9.64 Å². The first-order valence-electron chi connectivity index (χ1n) is 6.62. The fourth-order valence-corrected chi connectivity index (χ4v) is 2.31. The van der Waals surface area contributed by atoms with Crippen molar-refractivity contribution < 1.29 is 9.53 Å². The van der Waals surface area contributed by atoms with Crippen LogP contribution < -0.4 is 0 Å². The minimum atomic E-state index is -0.444. The Morgan fingerprint density at radius 1 is 1.42 bits per heavy atom. The van der Waals surface area contributed by atoms with Gasteiger partial charge in [0.25, 0.3) is 0 Å². The molecule has 0 fully saturated rings. The summed E-state index contributed by atoms with van der Waals surface area (Å²) in [7, 11) is 0.